The minimum atomic E-state index is -6.70. The molecule has 2 nitrogen and oxygen atoms in total. The van der Waals surface area contributed by atoms with E-state index in [1.54, 1.807) is 0 Å². The molecule has 0 aliphatic heterocycles. The molecule has 0 fully saturated rings. The molecule has 0 aromatic rings. The fourth-order valence-corrected chi connectivity index (χ4v) is 2.33. The lowest BCUT2D eigenvalue weighted by Gasteiger charge is -2.45. The average molecular weight is 433 g/mol. The predicted molar refractivity (Wildman–Crippen MR) is 65.9 cm³/mol. The van der Waals surface area contributed by atoms with Gasteiger partial charge in [0.15, 0.2) is 5.67 Å². The van der Waals surface area contributed by atoms with Crippen LogP contribution in [0.25, 0.3) is 0 Å². The molecule has 0 heterocycles. The van der Waals surface area contributed by atoms with Gasteiger partial charge < -0.3 is 4.74 Å². The lowest BCUT2D eigenvalue weighted by atomic mass is 9.84. The van der Waals surface area contributed by atoms with Gasteiger partial charge >= 0.3 is 29.8 Å². The Morgan fingerprint density at radius 2 is 1.08 bits per heavy atom. The first-order valence-corrected chi connectivity index (χ1v) is 6.76. The van der Waals surface area contributed by atoms with E-state index in [2.05, 4.69) is 16.3 Å². The largest absolute Gasteiger partial charge is 0.434 e. The summed E-state index contributed by atoms with van der Waals surface area (Å²) in [6.07, 6.45) is -19.4. The normalized spacial score (nSPS) is 19.7. The zero-order valence-corrected chi connectivity index (χ0v) is 14.1. The quantitative estimate of drug-likeness (QED) is 0.413. The molecule has 0 amide bonds. The molecular formula is C12H12ClF11O2. The van der Waals surface area contributed by atoms with Crippen LogP contribution >= 0.6 is 11.6 Å². The summed E-state index contributed by atoms with van der Waals surface area (Å²) in [6.45, 7) is -1.03. The second-order valence-corrected chi connectivity index (χ2v) is 6.53. The molecule has 26 heavy (non-hydrogen) atoms. The van der Waals surface area contributed by atoms with Gasteiger partial charge in [0, 0.05) is 0 Å². The Labute approximate surface area is 144 Å². The van der Waals surface area contributed by atoms with Crippen molar-refractivity contribution in [2.24, 2.45) is 0 Å². The van der Waals surface area contributed by atoms with Crippen LogP contribution in [-0.4, -0.2) is 46.3 Å². The summed E-state index contributed by atoms with van der Waals surface area (Å²) >= 11 is 4.43. The van der Waals surface area contributed by atoms with Crippen LogP contribution in [0.15, 0.2) is 0 Å². The molecule has 0 aliphatic rings. The maximum atomic E-state index is 14.1. The number of ether oxygens (including phenoxy) is 1. The Morgan fingerprint density at radius 1 is 0.731 bits per heavy atom. The van der Waals surface area contributed by atoms with Crippen molar-refractivity contribution < 1.29 is 57.8 Å². The summed E-state index contributed by atoms with van der Waals surface area (Å²) in [4.78, 5) is 10.8. The topological polar surface area (TPSA) is 26.3 Å². The molecular weight excluding hydrogens is 421 g/mol. The first kappa shape index (κ1) is 25.1. The van der Waals surface area contributed by atoms with Crippen molar-refractivity contribution in [2.75, 3.05) is 0 Å². The molecule has 0 aromatic carbocycles. The molecule has 0 radical (unpaired) electrons. The van der Waals surface area contributed by atoms with Gasteiger partial charge in [-0.2, -0.15) is 35.1 Å². The van der Waals surface area contributed by atoms with Crippen LogP contribution in [0, 0.1) is 0 Å². The lowest BCUT2D eigenvalue weighted by Crippen LogP contribution is -2.71. The third-order valence-electron chi connectivity index (χ3n) is 3.49. The maximum Gasteiger partial charge on any atom is 0.434 e. The van der Waals surface area contributed by atoms with Crippen molar-refractivity contribution in [2.45, 2.75) is 68.8 Å². The summed E-state index contributed by atoms with van der Waals surface area (Å²) in [6, 6.07) is 0. The highest BCUT2D eigenvalue weighted by Crippen LogP contribution is 2.56. The van der Waals surface area contributed by atoms with Crippen molar-refractivity contribution >= 4 is 16.8 Å². The molecule has 0 spiro atoms. The maximum absolute atomic E-state index is 14.1. The summed E-state index contributed by atoms with van der Waals surface area (Å²) in [7, 11) is 0. The number of carbonyl (C=O) groups is 1. The molecule has 2 atom stereocenters. The Morgan fingerprint density at radius 3 is 1.27 bits per heavy atom. The van der Waals surface area contributed by atoms with Crippen LogP contribution in [-0.2, 0) is 9.53 Å². The van der Waals surface area contributed by atoms with Gasteiger partial charge in [0.1, 0.15) is 5.60 Å². The van der Waals surface area contributed by atoms with E-state index in [1.807, 2.05) is 0 Å². The van der Waals surface area contributed by atoms with E-state index in [1.165, 1.54) is 0 Å². The molecule has 14 heteroatoms. The van der Waals surface area contributed by atoms with Crippen molar-refractivity contribution in [3.63, 3.8) is 0 Å². The van der Waals surface area contributed by atoms with Crippen LogP contribution in [0.3, 0.4) is 0 Å². The van der Waals surface area contributed by atoms with Gasteiger partial charge in [0.25, 0.3) is 5.24 Å². The molecule has 0 N–H and O–H groups in total. The minimum absolute atomic E-state index is 0.225. The highest BCUT2D eigenvalue weighted by atomic mass is 35.5. The molecule has 0 rings (SSSR count). The third-order valence-corrected chi connectivity index (χ3v) is 3.75. The van der Waals surface area contributed by atoms with E-state index >= 15 is 0 Å². The van der Waals surface area contributed by atoms with E-state index in [9.17, 15) is 53.1 Å². The molecule has 0 saturated carbocycles. The smallest absolute Gasteiger partial charge is 0.307 e. The second-order valence-electron chi connectivity index (χ2n) is 6.19. The highest BCUT2D eigenvalue weighted by Gasteiger charge is 2.82. The predicted octanol–water partition coefficient (Wildman–Crippen LogP) is 5.43. The van der Waals surface area contributed by atoms with Gasteiger partial charge in [-0.1, -0.05) is 0 Å². The van der Waals surface area contributed by atoms with Gasteiger partial charge in [-0.05, 0) is 39.3 Å². The van der Waals surface area contributed by atoms with E-state index in [-0.39, 0.29) is 27.7 Å². The van der Waals surface area contributed by atoms with Gasteiger partial charge in [-0.3, -0.25) is 4.79 Å². The molecule has 2 unspecified atom stereocenters. The van der Waals surface area contributed by atoms with E-state index in [0.717, 1.165) is 0 Å². The molecule has 0 aromatic heterocycles. The summed E-state index contributed by atoms with van der Waals surface area (Å²) < 4.78 is 150. The van der Waals surface area contributed by atoms with Crippen LogP contribution < -0.4 is 0 Å². The van der Waals surface area contributed by atoms with E-state index in [0.29, 0.717) is 0 Å². The number of halogens is 12. The van der Waals surface area contributed by atoms with Crippen molar-refractivity contribution in [1.29, 1.82) is 0 Å². The number of hydrogen-bond acceptors (Lipinski definition) is 2. The summed E-state index contributed by atoms with van der Waals surface area (Å²) in [5.41, 5.74) is -20.3. The van der Waals surface area contributed by atoms with Gasteiger partial charge in [-0.25, -0.2) is 13.2 Å². The monoisotopic (exact) mass is 432 g/mol. The zero-order chi connectivity index (χ0) is 21.8. The Bertz CT molecular complexity index is 533. The zero-order valence-electron chi connectivity index (χ0n) is 13.4. The van der Waals surface area contributed by atoms with Crippen LogP contribution in [0.4, 0.5) is 48.3 Å². The number of alkyl halides is 11. The molecule has 0 bridgehead atoms. The molecule has 156 valence electrons. The third kappa shape index (κ3) is 3.60. The second kappa shape index (κ2) is 6.35. The van der Waals surface area contributed by atoms with Crippen LogP contribution in [0.1, 0.15) is 27.7 Å². The highest BCUT2D eigenvalue weighted by molar-refractivity contribution is 6.65. The number of carbonyl (C=O) groups excluding carboxylic acids is 1. The number of rotatable bonds is 6. The van der Waals surface area contributed by atoms with Crippen LogP contribution in [0.2, 0.25) is 0 Å². The molecule has 0 aliphatic carbocycles. The number of hydrogen-bond donors (Lipinski definition) is 0. The Hall–Kier alpha value is -0.850. The first-order valence-electron chi connectivity index (χ1n) is 6.38. The van der Waals surface area contributed by atoms with Gasteiger partial charge in [0.2, 0.25) is 0 Å². The minimum Gasteiger partial charge on any atom is -0.307 e. The van der Waals surface area contributed by atoms with Crippen molar-refractivity contribution in [3.05, 3.63) is 0 Å². The average Bonchev–Trinajstić information content (AvgIpc) is 2.30. The fourth-order valence-electron chi connectivity index (χ4n) is 2.00. The van der Waals surface area contributed by atoms with Gasteiger partial charge in [-0.15, -0.1) is 0 Å². The standard InChI is InChI=1S/C12H12ClF11O2/c1-6(2,14)9(16,11(20,21)22)12(23,24)26-7(3,4)8(15,5(13)25)10(17,18)19/h1-4H3. The summed E-state index contributed by atoms with van der Waals surface area (Å²) in [5.74, 6) is 0. The van der Waals surface area contributed by atoms with E-state index < -0.39 is 46.3 Å². The van der Waals surface area contributed by atoms with E-state index in [4.69, 9.17) is 0 Å². The Kier molecular flexibility index (Phi) is 6.14. The van der Waals surface area contributed by atoms with Crippen molar-refractivity contribution in [1.82, 2.24) is 0 Å². The summed E-state index contributed by atoms with van der Waals surface area (Å²) in [5, 5.41) is -2.97. The SMILES string of the molecule is CC(C)(F)C(F)(C(F)(F)F)C(F)(F)OC(C)(C)C(F)(C(=O)Cl)C(F)(F)F. The fraction of sp³-hybridized carbons (Fsp3) is 0.917. The first-order chi connectivity index (χ1) is 10.9. The van der Waals surface area contributed by atoms with Crippen LogP contribution in [0.5, 0.6) is 0 Å². The lowest BCUT2D eigenvalue weighted by molar-refractivity contribution is -0.438. The van der Waals surface area contributed by atoms with Crippen molar-refractivity contribution in [3.8, 4) is 0 Å². The molecule has 0 saturated heterocycles. The van der Waals surface area contributed by atoms with Gasteiger partial charge in [0.05, 0.1) is 0 Å². The Balaban J connectivity index is 6.48.